The summed E-state index contributed by atoms with van der Waals surface area (Å²) in [6.07, 6.45) is 1.12. The molecule has 148 valence electrons. The Bertz CT molecular complexity index is 776. The van der Waals surface area contributed by atoms with Gasteiger partial charge >= 0.3 is 5.97 Å². The first kappa shape index (κ1) is 19.0. The van der Waals surface area contributed by atoms with Crippen LogP contribution in [0.2, 0.25) is 0 Å². The van der Waals surface area contributed by atoms with E-state index in [2.05, 4.69) is 0 Å². The quantitative estimate of drug-likeness (QED) is 0.721. The molecule has 2 bridgehead atoms. The van der Waals surface area contributed by atoms with E-state index in [9.17, 15) is 13.6 Å². The van der Waals surface area contributed by atoms with E-state index in [0.717, 1.165) is 24.0 Å². The number of carbonyl (C=O) groups excluding carboxylic acids is 1. The molecule has 2 heterocycles. The van der Waals surface area contributed by atoms with Crippen molar-refractivity contribution in [2.75, 3.05) is 7.11 Å². The predicted octanol–water partition coefficient (Wildman–Crippen LogP) is 4.18. The van der Waals surface area contributed by atoms with E-state index in [-0.39, 0.29) is 29.8 Å². The van der Waals surface area contributed by atoms with E-state index < -0.39 is 18.1 Å². The van der Waals surface area contributed by atoms with Gasteiger partial charge in [-0.05, 0) is 48.2 Å². The number of benzene rings is 2. The summed E-state index contributed by atoms with van der Waals surface area (Å²) in [5, 5.41) is 0. The summed E-state index contributed by atoms with van der Waals surface area (Å²) in [5.41, 5.74) is 1.46. The van der Waals surface area contributed by atoms with Crippen molar-refractivity contribution in [3.8, 4) is 0 Å². The van der Waals surface area contributed by atoms with Crippen LogP contribution in [0.15, 0.2) is 48.5 Å². The van der Waals surface area contributed by atoms with Gasteiger partial charge in [0.1, 0.15) is 23.7 Å². The topological polar surface area (TPSA) is 44.8 Å². The number of fused-ring (bicyclic) bond motifs is 2. The highest BCUT2D eigenvalue weighted by atomic mass is 19.1. The summed E-state index contributed by atoms with van der Waals surface area (Å²) < 4.78 is 44.2. The minimum atomic E-state index is -0.559. The highest BCUT2D eigenvalue weighted by Crippen LogP contribution is 2.41. The van der Waals surface area contributed by atoms with Crippen LogP contribution in [0.1, 0.15) is 36.5 Å². The number of ether oxygens (including phenoxy) is 3. The van der Waals surface area contributed by atoms with Crippen LogP contribution in [0.5, 0.6) is 0 Å². The third kappa shape index (κ3) is 3.80. The van der Waals surface area contributed by atoms with Gasteiger partial charge in [0.15, 0.2) is 0 Å². The number of esters is 1. The minimum Gasteiger partial charge on any atom is -0.469 e. The molecule has 6 heteroatoms. The first-order valence-electron chi connectivity index (χ1n) is 9.45. The van der Waals surface area contributed by atoms with Crippen LogP contribution in [-0.2, 0) is 19.0 Å². The van der Waals surface area contributed by atoms with Gasteiger partial charge in [0.25, 0.3) is 0 Å². The van der Waals surface area contributed by atoms with Crippen LogP contribution in [-0.4, -0.2) is 31.4 Å². The van der Waals surface area contributed by atoms with E-state index in [1.807, 2.05) is 0 Å². The van der Waals surface area contributed by atoms with Crippen LogP contribution in [0.4, 0.5) is 8.78 Å². The number of methoxy groups -OCH3 is 1. The van der Waals surface area contributed by atoms with Gasteiger partial charge in [0.05, 0.1) is 25.4 Å². The van der Waals surface area contributed by atoms with E-state index in [0.29, 0.717) is 6.42 Å². The van der Waals surface area contributed by atoms with E-state index in [1.54, 1.807) is 24.3 Å². The molecule has 4 rings (SSSR count). The van der Waals surface area contributed by atoms with Gasteiger partial charge in [-0.15, -0.1) is 0 Å². The van der Waals surface area contributed by atoms with Crippen molar-refractivity contribution in [2.45, 2.75) is 43.7 Å². The van der Waals surface area contributed by atoms with Crippen molar-refractivity contribution >= 4 is 5.97 Å². The smallest absolute Gasteiger partial charge is 0.313 e. The molecule has 2 aliphatic rings. The highest BCUT2D eigenvalue weighted by Gasteiger charge is 2.48. The second-order valence-corrected chi connectivity index (χ2v) is 7.32. The normalized spacial score (nSPS) is 26.4. The maximum absolute atomic E-state index is 13.4. The lowest BCUT2D eigenvalue weighted by molar-refractivity contribution is -0.176. The van der Waals surface area contributed by atoms with E-state index >= 15 is 0 Å². The summed E-state index contributed by atoms with van der Waals surface area (Å²) in [6, 6.07) is 12.0. The zero-order valence-corrected chi connectivity index (χ0v) is 15.5. The fraction of sp³-hybridized carbons (Fsp3) is 0.409. The molecular formula is C22H22F2O4. The zero-order chi connectivity index (χ0) is 19.7. The Kier molecular flexibility index (Phi) is 5.42. The van der Waals surface area contributed by atoms with Gasteiger partial charge in [-0.1, -0.05) is 24.3 Å². The number of hydrogen-bond donors (Lipinski definition) is 0. The lowest BCUT2D eigenvalue weighted by Crippen LogP contribution is -2.45. The van der Waals surface area contributed by atoms with E-state index in [1.165, 1.54) is 31.4 Å². The summed E-state index contributed by atoms with van der Waals surface area (Å²) in [6.45, 7) is 0. The van der Waals surface area contributed by atoms with Crippen molar-refractivity contribution in [3.05, 3.63) is 71.3 Å². The van der Waals surface area contributed by atoms with Gasteiger partial charge in [0, 0.05) is 6.42 Å². The average molecular weight is 388 g/mol. The molecule has 0 aliphatic carbocycles. The number of rotatable bonds is 5. The van der Waals surface area contributed by atoms with Crippen molar-refractivity contribution in [3.63, 3.8) is 0 Å². The fourth-order valence-electron chi connectivity index (χ4n) is 4.20. The Balaban J connectivity index is 1.67. The lowest BCUT2D eigenvalue weighted by Gasteiger charge is -2.37. The third-order valence-corrected chi connectivity index (χ3v) is 5.57. The molecule has 2 aromatic rings. The summed E-state index contributed by atoms with van der Waals surface area (Å²) in [7, 11) is 1.36. The minimum absolute atomic E-state index is 0.0537. The molecule has 2 saturated heterocycles. The van der Waals surface area contributed by atoms with Gasteiger partial charge in [0.2, 0.25) is 0 Å². The molecular weight excluding hydrogens is 366 g/mol. The monoisotopic (exact) mass is 388 g/mol. The molecule has 4 nitrogen and oxygen atoms in total. The Labute approximate surface area is 162 Å². The van der Waals surface area contributed by atoms with Gasteiger partial charge in [-0.2, -0.15) is 0 Å². The largest absolute Gasteiger partial charge is 0.469 e. The molecule has 0 spiro atoms. The summed E-state index contributed by atoms with van der Waals surface area (Å²) >= 11 is 0. The fourth-order valence-corrected chi connectivity index (χ4v) is 4.20. The van der Waals surface area contributed by atoms with Crippen LogP contribution < -0.4 is 0 Å². The Morgan fingerprint density at radius 3 is 2.11 bits per heavy atom. The lowest BCUT2D eigenvalue weighted by atomic mass is 9.91. The molecule has 4 atom stereocenters. The Morgan fingerprint density at radius 1 is 1.00 bits per heavy atom. The van der Waals surface area contributed by atoms with Crippen LogP contribution >= 0.6 is 0 Å². The van der Waals surface area contributed by atoms with Crippen molar-refractivity contribution < 1.29 is 27.8 Å². The number of carbonyl (C=O) groups is 1. The molecule has 0 aromatic heterocycles. The molecule has 2 fully saturated rings. The van der Waals surface area contributed by atoms with Gasteiger partial charge in [-0.3, -0.25) is 4.79 Å². The Morgan fingerprint density at radius 2 is 1.57 bits per heavy atom. The standard InChI is InChI=1S/C22H22F2O4/c1-26-22(25)20-18-11-10-17(27-18)12-19(20)28-21(13-2-6-15(23)7-3-13)14-4-8-16(24)9-5-14/h2-9,17-21H,10-12H2,1H3/t17?,18?,19?,20-/m1/s1. The second-order valence-electron chi connectivity index (χ2n) is 7.32. The van der Waals surface area contributed by atoms with Crippen molar-refractivity contribution in [1.29, 1.82) is 0 Å². The molecule has 0 radical (unpaired) electrons. The summed E-state index contributed by atoms with van der Waals surface area (Å²) in [4.78, 5) is 12.4. The zero-order valence-electron chi connectivity index (χ0n) is 15.5. The van der Waals surface area contributed by atoms with Crippen molar-refractivity contribution in [2.24, 2.45) is 5.92 Å². The SMILES string of the molecule is COC(=O)[C@@H]1C2CCC(CC1OC(c1ccc(F)cc1)c1ccc(F)cc1)O2. The van der Waals surface area contributed by atoms with Gasteiger partial charge in [-0.25, -0.2) is 8.78 Å². The summed E-state index contributed by atoms with van der Waals surface area (Å²) in [5.74, 6) is -1.57. The first-order chi connectivity index (χ1) is 13.5. The molecule has 0 amide bonds. The predicted molar refractivity (Wildman–Crippen MR) is 97.5 cm³/mol. The number of hydrogen-bond acceptors (Lipinski definition) is 4. The molecule has 0 N–H and O–H groups in total. The number of halogens is 2. The average Bonchev–Trinajstić information content (AvgIpc) is 3.08. The van der Waals surface area contributed by atoms with Crippen LogP contribution in [0.25, 0.3) is 0 Å². The Hall–Kier alpha value is -2.31. The third-order valence-electron chi connectivity index (χ3n) is 5.57. The molecule has 28 heavy (non-hydrogen) atoms. The van der Waals surface area contributed by atoms with E-state index in [4.69, 9.17) is 14.2 Å². The van der Waals surface area contributed by atoms with Crippen LogP contribution in [0, 0.1) is 17.6 Å². The molecule has 0 saturated carbocycles. The van der Waals surface area contributed by atoms with Crippen molar-refractivity contribution in [1.82, 2.24) is 0 Å². The van der Waals surface area contributed by atoms with Crippen LogP contribution in [0.3, 0.4) is 0 Å². The second kappa shape index (κ2) is 7.97. The molecule has 2 aromatic carbocycles. The molecule has 3 unspecified atom stereocenters. The van der Waals surface area contributed by atoms with Gasteiger partial charge < -0.3 is 14.2 Å². The maximum atomic E-state index is 13.4. The first-order valence-corrected chi connectivity index (χ1v) is 9.45. The highest BCUT2D eigenvalue weighted by molar-refractivity contribution is 5.74. The maximum Gasteiger partial charge on any atom is 0.313 e. The molecule has 2 aliphatic heterocycles.